The van der Waals surface area contributed by atoms with Crippen molar-refractivity contribution in [3.8, 4) is 0 Å². The van der Waals surface area contributed by atoms with Crippen LogP contribution in [0, 0.1) is 6.92 Å². The van der Waals surface area contributed by atoms with Gasteiger partial charge in [0.05, 0.1) is 6.61 Å². The van der Waals surface area contributed by atoms with Crippen molar-refractivity contribution in [1.82, 2.24) is 0 Å². The van der Waals surface area contributed by atoms with Crippen LogP contribution in [0.2, 0.25) is 0 Å². The fourth-order valence-corrected chi connectivity index (χ4v) is 1.84. The minimum atomic E-state index is -0.203. The highest BCUT2D eigenvalue weighted by molar-refractivity contribution is 5.35. The summed E-state index contributed by atoms with van der Waals surface area (Å²) in [5, 5.41) is 0. The highest BCUT2D eigenvalue weighted by Crippen LogP contribution is 2.32. The van der Waals surface area contributed by atoms with Crippen molar-refractivity contribution in [2.75, 3.05) is 6.61 Å². The summed E-state index contributed by atoms with van der Waals surface area (Å²) in [4.78, 5) is 0. The molecule has 0 saturated heterocycles. The van der Waals surface area contributed by atoms with Crippen molar-refractivity contribution in [3.63, 3.8) is 0 Å². The first-order chi connectivity index (χ1) is 6.22. The largest absolute Gasteiger partial charge is 0.362 e. The lowest BCUT2D eigenvalue weighted by Gasteiger charge is -2.24. The van der Waals surface area contributed by atoms with E-state index in [1.54, 1.807) is 0 Å². The molecule has 1 aromatic carbocycles. The SMILES string of the molecule is Cc1ccccc1[C@@]1(C)C=CCO1. The topological polar surface area (TPSA) is 9.23 Å². The maximum absolute atomic E-state index is 5.70. The molecule has 1 aromatic rings. The van der Waals surface area contributed by atoms with E-state index in [0.29, 0.717) is 0 Å². The molecule has 0 saturated carbocycles. The third-order valence-electron chi connectivity index (χ3n) is 2.60. The zero-order valence-electron chi connectivity index (χ0n) is 8.08. The van der Waals surface area contributed by atoms with Crippen LogP contribution in [-0.4, -0.2) is 6.61 Å². The molecule has 1 nitrogen and oxygen atoms in total. The predicted octanol–water partition coefficient (Wildman–Crippen LogP) is 2.80. The van der Waals surface area contributed by atoms with Crippen molar-refractivity contribution < 1.29 is 4.74 Å². The fourth-order valence-electron chi connectivity index (χ4n) is 1.84. The quantitative estimate of drug-likeness (QED) is 0.595. The summed E-state index contributed by atoms with van der Waals surface area (Å²) in [6.07, 6.45) is 4.21. The number of aryl methyl sites for hydroxylation is 1. The molecule has 2 rings (SSSR count). The molecule has 0 radical (unpaired) electrons. The molecular formula is C12H14O. The zero-order valence-corrected chi connectivity index (χ0v) is 8.08. The number of ether oxygens (including phenoxy) is 1. The van der Waals surface area contributed by atoms with Gasteiger partial charge in [-0.1, -0.05) is 36.4 Å². The summed E-state index contributed by atoms with van der Waals surface area (Å²) in [6, 6.07) is 8.37. The number of hydrogen-bond donors (Lipinski definition) is 0. The smallest absolute Gasteiger partial charge is 0.109 e. The van der Waals surface area contributed by atoms with Gasteiger partial charge in [-0.25, -0.2) is 0 Å². The minimum Gasteiger partial charge on any atom is -0.362 e. The monoisotopic (exact) mass is 174 g/mol. The third kappa shape index (κ3) is 1.40. The first kappa shape index (κ1) is 8.52. The van der Waals surface area contributed by atoms with E-state index in [2.05, 4.69) is 50.3 Å². The second-order valence-electron chi connectivity index (χ2n) is 3.64. The van der Waals surface area contributed by atoms with E-state index in [1.165, 1.54) is 11.1 Å². The average Bonchev–Trinajstić information content (AvgIpc) is 2.54. The summed E-state index contributed by atoms with van der Waals surface area (Å²) < 4.78 is 5.70. The molecule has 0 spiro atoms. The molecule has 1 aliphatic heterocycles. The van der Waals surface area contributed by atoms with Crippen molar-refractivity contribution in [2.45, 2.75) is 19.4 Å². The Balaban J connectivity index is 2.45. The summed E-state index contributed by atoms with van der Waals surface area (Å²) in [7, 11) is 0. The Bertz CT molecular complexity index is 341. The van der Waals surface area contributed by atoms with Crippen LogP contribution < -0.4 is 0 Å². The molecule has 13 heavy (non-hydrogen) atoms. The molecule has 1 atom stereocenters. The molecular weight excluding hydrogens is 160 g/mol. The molecule has 0 bridgehead atoms. The van der Waals surface area contributed by atoms with Gasteiger partial charge in [-0.15, -0.1) is 0 Å². The molecule has 0 aromatic heterocycles. The van der Waals surface area contributed by atoms with Crippen LogP contribution in [-0.2, 0) is 10.3 Å². The van der Waals surface area contributed by atoms with Gasteiger partial charge in [0.15, 0.2) is 0 Å². The Hall–Kier alpha value is -1.08. The highest BCUT2D eigenvalue weighted by Gasteiger charge is 2.28. The van der Waals surface area contributed by atoms with Crippen molar-refractivity contribution in [2.24, 2.45) is 0 Å². The van der Waals surface area contributed by atoms with Crippen LogP contribution in [0.1, 0.15) is 18.1 Å². The van der Waals surface area contributed by atoms with Crippen LogP contribution >= 0.6 is 0 Å². The lowest BCUT2D eigenvalue weighted by atomic mass is 9.92. The molecule has 1 heteroatoms. The number of benzene rings is 1. The van der Waals surface area contributed by atoms with Gasteiger partial charge in [-0.05, 0) is 25.0 Å². The normalized spacial score (nSPS) is 26.6. The number of rotatable bonds is 1. The lowest BCUT2D eigenvalue weighted by Crippen LogP contribution is -2.20. The molecule has 1 aliphatic rings. The van der Waals surface area contributed by atoms with Gasteiger partial charge < -0.3 is 4.74 Å². The van der Waals surface area contributed by atoms with E-state index in [9.17, 15) is 0 Å². The van der Waals surface area contributed by atoms with Gasteiger partial charge in [-0.3, -0.25) is 0 Å². The molecule has 0 amide bonds. The Labute approximate surface area is 79.0 Å². The summed E-state index contributed by atoms with van der Waals surface area (Å²) >= 11 is 0. The maximum Gasteiger partial charge on any atom is 0.109 e. The Morgan fingerprint density at radius 1 is 1.31 bits per heavy atom. The van der Waals surface area contributed by atoms with E-state index in [4.69, 9.17) is 4.74 Å². The fraction of sp³-hybridized carbons (Fsp3) is 0.333. The van der Waals surface area contributed by atoms with Gasteiger partial charge in [0, 0.05) is 0 Å². The third-order valence-corrected chi connectivity index (χ3v) is 2.60. The molecule has 0 aliphatic carbocycles. The molecule has 0 unspecified atom stereocenters. The maximum atomic E-state index is 5.70. The second kappa shape index (κ2) is 3.00. The van der Waals surface area contributed by atoms with E-state index in [1.807, 2.05) is 0 Å². The van der Waals surface area contributed by atoms with Crippen molar-refractivity contribution in [3.05, 3.63) is 47.5 Å². The standard InChI is InChI=1S/C12H14O/c1-10-6-3-4-7-11(10)12(2)8-5-9-13-12/h3-8H,9H2,1-2H3/t12-/m1/s1. The van der Waals surface area contributed by atoms with E-state index in [0.717, 1.165) is 6.61 Å². The van der Waals surface area contributed by atoms with Gasteiger partial charge in [-0.2, -0.15) is 0 Å². The number of hydrogen-bond acceptors (Lipinski definition) is 1. The Morgan fingerprint density at radius 3 is 2.69 bits per heavy atom. The average molecular weight is 174 g/mol. The minimum absolute atomic E-state index is 0.203. The van der Waals surface area contributed by atoms with Gasteiger partial charge >= 0.3 is 0 Å². The van der Waals surface area contributed by atoms with Crippen LogP contribution in [0.15, 0.2) is 36.4 Å². The summed E-state index contributed by atoms with van der Waals surface area (Å²) in [5.74, 6) is 0. The summed E-state index contributed by atoms with van der Waals surface area (Å²) in [5.41, 5.74) is 2.35. The Morgan fingerprint density at radius 2 is 2.08 bits per heavy atom. The molecule has 0 N–H and O–H groups in total. The van der Waals surface area contributed by atoms with Gasteiger partial charge in [0.25, 0.3) is 0 Å². The van der Waals surface area contributed by atoms with Crippen LogP contribution in [0.3, 0.4) is 0 Å². The molecule has 1 heterocycles. The van der Waals surface area contributed by atoms with Crippen molar-refractivity contribution >= 4 is 0 Å². The van der Waals surface area contributed by atoms with Crippen LogP contribution in [0.25, 0.3) is 0 Å². The molecule has 68 valence electrons. The van der Waals surface area contributed by atoms with E-state index in [-0.39, 0.29) is 5.60 Å². The zero-order chi connectivity index (χ0) is 9.31. The van der Waals surface area contributed by atoms with Crippen molar-refractivity contribution in [1.29, 1.82) is 0 Å². The summed E-state index contributed by atoms with van der Waals surface area (Å²) in [6.45, 7) is 4.96. The van der Waals surface area contributed by atoms with Gasteiger partial charge in [0.1, 0.15) is 5.60 Å². The predicted molar refractivity (Wildman–Crippen MR) is 53.6 cm³/mol. The second-order valence-corrected chi connectivity index (χ2v) is 3.64. The van der Waals surface area contributed by atoms with Gasteiger partial charge in [0.2, 0.25) is 0 Å². The lowest BCUT2D eigenvalue weighted by molar-refractivity contribution is 0.0385. The molecule has 0 fully saturated rings. The van der Waals surface area contributed by atoms with E-state index < -0.39 is 0 Å². The first-order valence-corrected chi connectivity index (χ1v) is 4.60. The van der Waals surface area contributed by atoms with E-state index >= 15 is 0 Å². The highest BCUT2D eigenvalue weighted by atomic mass is 16.5. The van der Waals surface area contributed by atoms with Crippen LogP contribution in [0.5, 0.6) is 0 Å². The van der Waals surface area contributed by atoms with Crippen LogP contribution in [0.4, 0.5) is 0 Å². The first-order valence-electron chi connectivity index (χ1n) is 4.60. The Kier molecular flexibility index (Phi) is 1.97.